The monoisotopic (exact) mass is 919 g/mol. The van der Waals surface area contributed by atoms with Crippen molar-refractivity contribution in [2.45, 2.75) is 196 Å². The molecule has 9 nitrogen and oxygen atoms in total. The van der Waals surface area contributed by atoms with E-state index in [1.165, 1.54) is 0 Å². The Bertz CT molecular complexity index is 1680. The highest BCUT2D eigenvalue weighted by Gasteiger charge is 2.29. The van der Waals surface area contributed by atoms with Gasteiger partial charge in [-0.05, 0) is 102 Å². The van der Waals surface area contributed by atoms with Crippen molar-refractivity contribution in [1.29, 1.82) is 0 Å². The summed E-state index contributed by atoms with van der Waals surface area (Å²) >= 11 is 0. The van der Waals surface area contributed by atoms with Crippen molar-refractivity contribution in [2.24, 2.45) is 0 Å². The van der Waals surface area contributed by atoms with Crippen LogP contribution >= 0.6 is 0 Å². The second-order valence-corrected chi connectivity index (χ2v) is 22.3. The highest BCUT2D eigenvalue weighted by Crippen LogP contribution is 2.42. The third-order valence-corrected chi connectivity index (χ3v) is 10.2. The maximum atomic E-state index is 10.8. The molecule has 3 aromatic rings. The number of carboxylic acid groups (broad SMARTS) is 3. The Morgan fingerprint density at radius 2 is 0.455 bits per heavy atom. The summed E-state index contributed by atoms with van der Waals surface area (Å²) in [4.78, 5) is 32.3. The molecule has 372 valence electrons. The predicted molar refractivity (Wildman–Crippen MR) is 278 cm³/mol. The summed E-state index contributed by atoms with van der Waals surface area (Å²) in [6.07, 6.45) is 1.79. The summed E-state index contributed by atoms with van der Waals surface area (Å²) in [5.74, 6) is -1.38. The van der Waals surface area contributed by atoms with Gasteiger partial charge in [0, 0.05) is 19.3 Å². The maximum Gasteiger partial charge on any atom is 0.303 e. The number of carboxylic acids is 3. The van der Waals surface area contributed by atoms with Gasteiger partial charge in [0.25, 0.3) is 0 Å². The number of benzene rings is 3. The van der Waals surface area contributed by atoms with Crippen LogP contribution in [-0.2, 0) is 66.1 Å². The quantitative estimate of drug-likeness (QED) is 0.114. The molecule has 0 aliphatic heterocycles. The highest BCUT2D eigenvalue weighted by molar-refractivity contribution is 5.68. The van der Waals surface area contributed by atoms with Gasteiger partial charge in [0.05, 0.1) is 0 Å². The Labute approximate surface area is 400 Å². The summed E-state index contributed by atoms with van der Waals surface area (Å²) in [6, 6.07) is 11.6. The normalized spacial score (nSPS) is 11.5. The van der Waals surface area contributed by atoms with E-state index in [9.17, 15) is 29.7 Å². The number of aliphatic carboxylic acids is 3. The van der Waals surface area contributed by atoms with Gasteiger partial charge < -0.3 is 30.6 Å². The fourth-order valence-corrected chi connectivity index (χ4v) is 6.70. The molecule has 0 unspecified atom stereocenters. The standard InChI is InChI=1S/3C17H26O3.3C2H4/c3*1-16(2,3)12-9-11(7-8-14(18)19)10-13(15(12)20)17(4,5)6;3*1-2/h3*9-10,20H,7-8H2,1-6H3,(H,18,19);3*1-2H2. The topological polar surface area (TPSA) is 173 Å². The lowest BCUT2D eigenvalue weighted by Gasteiger charge is -2.28. The lowest BCUT2D eigenvalue weighted by molar-refractivity contribution is -0.138. The van der Waals surface area contributed by atoms with Gasteiger partial charge in [-0.2, -0.15) is 0 Å². The molecule has 3 rings (SSSR count). The van der Waals surface area contributed by atoms with Crippen LogP contribution in [0.15, 0.2) is 75.9 Å². The van der Waals surface area contributed by atoms with Crippen LogP contribution in [0.3, 0.4) is 0 Å². The van der Waals surface area contributed by atoms with Crippen molar-refractivity contribution in [3.63, 3.8) is 0 Å². The molecule has 0 fully saturated rings. The van der Waals surface area contributed by atoms with Crippen LogP contribution in [-0.4, -0.2) is 48.5 Å². The molecule has 0 saturated carbocycles. The summed E-state index contributed by atoms with van der Waals surface area (Å²) in [6.45, 7) is 54.9. The van der Waals surface area contributed by atoms with E-state index < -0.39 is 17.9 Å². The Morgan fingerprint density at radius 3 is 0.545 bits per heavy atom. The van der Waals surface area contributed by atoms with Gasteiger partial charge in [0.15, 0.2) is 0 Å². The molecule has 9 heteroatoms. The summed E-state index contributed by atoms with van der Waals surface area (Å²) < 4.78 is 0. The lowest BCUT2D eigenvalue weighted by atomic mass is 9.78. The maximum absolute atomic E-state index is 10.8. The van der Waals surface area contributed by atoms with Gasteiger partial charge in [0.1, 0.15) is 17.2 Å². The molecule has 66 heavy (non-hydrogen) atoms. The van der Waals surface area contributed by atoms with E-state index in [2.05, 4.69) is 164 Å². The zero-order valence-electron chi connectivity index (χ0n) is 44.4. The fraction of sp³-hybridized carbons (Fsp3) is 0.526. The minimum absolute atomic E-state index is 0.109. The van der Waals surface area contributed by atoms with Gasteiger partial charge >= 0.3 is 17.9 Å². The first-order valence-corrected chi connectivity index (χ1v) is 22.5. The van der Waals surface area contributed by atoms with E-state index in [-0.39, 0.29) is 51.8 Å². The van der Waals surface area contributed by atoms with Gasteiger partial charge in [-0.15, -0.1) is 39.5 Å². The van der Waals surface area contributed by atoms with Crippen molar-refractivity contribution in [3.05, 3.63) is 126 Å². The second kappa shape index (κ2) is 26.7. The van der Waals surface area contributed by atoms with Gasteiger partial charge in [-0.1, -0.05) is 161 Å². The first kappa shape index (κ1) is 65.0. The van der Waals surface area contributed by atoms with E-state index in [1.54, 1.807) is 0 Å². The highest BCUT2D eigenvalue weighted by atomic mass is 16.4. The van der Waals surface area contributed by atoms with E-state index in [1.807, 2.05) is 36.4 Å². The smallest absolute Gasteiger partial charge is 0.303 e. The predicted octanol–water partition coefficient (Wildman–Crippen LogP) is 14.4. The molecule has 0 aliphatic rings. The average molecular weight is 919 g/mol. The van der Waals surface area contributed by atoms with Crippen molar-refractivity contribution < 1.29 is 45.0 Å². The zero-order valence-corrected chi connectivity index (χ0v) is 44.4. The van der Waals surface area contributed by atoms with Crippen LogP contribution in [0.4, 0.5) is 0 Å². The molecule has 0 aliphatic carbocycles. The van der Waals surface area contributed by atoms with Crippen molar-refractivity contribution in [1.82, 2.24) is 0 Å². The Hall–Kier alpha value is -5.31. The van der Waals surface area contributed by atoms with Crippen LogP contribution < -0.4 is 0 Å². The molecule has 6 N–H and O–H groups in total. The van der Waals surface area contributed by atoms with Gasteiger partial charge in [-0.3, -0.25) is 14.4 Å². The molecule has 0 radical (unpaired) electrons. The number of carbonyl (C=O) groups is 3. The molecule has 0 atom stereocenters. The lowest BCUT2D eigenvalue weighted by Crippen LogP contribution is -2.18. The number of phenolic OH excluding ortho intramolecular Hbond substituents is 3. The second-order valence-electron chi connectivity index (χ2n) is 22.3. The zero-order chi connectivity index (χ0) is 53.1. The third-order valence-electron chi connectivity index (χ3n) is 10.2. The number of phenols is 3. The summed E-state index contributed by atoms with van der Waals surface area (Å²) in [7, 11) is 0. The first-order chi connectivity index (χ1) is 29.8. The number of rotatable bonds is 9. The molecule has 0 spiro atoms. The molecule has 0 amide bonds. The van der Waals surface area contributed by atoms with Crippen molar-refractivity contribution in [3.8, 4) is 17.2 Å². The van der Waals surface area contributed by atoms with E-state index in [4.69, 9.17) is 15.3 Å². The summed E-state index contributed by atoms with van der Waals surface area (Å²) in [5, 5.41) is 58.2. The first-order valence-electron chi connectivity index (χ1n) is 22.5. The number of hydrogen-bond donors (Lipinski definition) is 6. The van der Waals surface area contributed by atoms with Crippen LogP contribution in [0.2, 0.25) is 0 Å². The van der Waals surface area contributed by atoms with Crippen molar-refractivity contribution >= 4 is 17.9 Å². The molecule has 0 bridgehead atoms. The largest absolute Gasteiger partial charge is 0.507 e. The molecule has 3 aromatic carbocycles. The summed E-state index contributed by atoms with van der Waals surface area (Å²) in [5.41, 5.74) is 7.13. The molecule has 0 heterocycles. The minimum atomic E-state index is -0.798. The molecular formula is C57H90O9. The minimum Gasteiger partial charge on any atom is -0.507 e. The van der Waals surface area contributed by atoms with Crippen LogP contribution in [0.1, 0.15) is 194 Å². The van der Waals surface area contributed by atoms with Gasteiger partial charge in [-0.25, -0.2) is 0 Å². The number of aromatic hydroxyl groups is 3. The van der Waals surface area contributed by atoms with Crippen LogP contribution in [0.25, 0.3) is 0 Å². The van der Waals surface area contributed by atoms with Crippen molar-refractivity contribution in [2.75, 3.05) is 0 Å². The Kier molecular flexibility index (Phi) is 26.3. The average Bonchev–Trinajstić information content (AvgIpc) is 3.16. The molecule has 0 saturated heterocycles. The Balaban J connectivity index is -0.000000851. The van der Waals surface area contributed by atoms with E-state index in [0.717, 1.165) is 50.1 Å². The van der Waals surface area contributed by atoms with Gasteiger partial charge in [0.2, 0.25) is 0 Å². The number of hydrogen-bond acceptors (Lipinski definition) is 6. The Morgan fingerprint density at radius 1 is 0.333 bits per heavy atom. The van der Waals surface area contributed by atoms with E-state index >= 15 is 0 Å². The van der Waals surface area contributed by atoms with E-state index in [0.29, 0.717) is 36.5 Å². The molecule has 0 aromatic heterocycles. The van der Waals surface area contributed by atoms with Crippen LogP contribution in [0, 0.1) is 0 Å². The fourth-order valence-electron chi connectivity index (χ4n) is 6.70. The SMILES string of the molecule is C=C.C=C.C=C.CC(C)(C)c1cc(CCC(=O)O)cc(C(C)(C)C)c1O.CC(C)(C)c1cc(CCC(=O)O)cc(C(C)(C)C)c1O.CC(C)(C)c1cc(CCC(=O)O)cc(C(C)(C)C)c1O. The molecular weight excluding hydrogens is 829 g/mol. The third kappa shape index (κ3) is 22.3. The number of aryl methyl sites for hydroxylation is 3. The van der Waals surface area contributed by atoms with Crippen LogP contribution in [0.5, 0.6) is 17.2 Å².